The zero-order chi connectivity index (χ0) is 17.0. The molecule has 1 aliphatic heterocycles. The average Bonchev–Trinajstić information content (AvgIpc) is 3.25. The van der Waals surface area contributed by atoms with Crippen molar-refractivity contribution in [2.24, 2.45) is 0 Å². The number of nitrogens with zero attached hydrogens (tertiary/aromatic N) is 1. The van der Waals surface area contributed by atoms with Crippen LogP contribution in [-0.2, 0) is 14.6 Å². The summed E-state index contributed by atoms with van der Waals surface area (Å²) < 4.78 is 25.2. The van der Waals surface area contributed by atoms with Gasteiger partial charge in [0.1, 0.15) is 0 Å². The van der Waals surface area contributed by atoms with Crippen LogP contribution in [0, 0.1) is 0 Å². The van der Waals surface area contributed by atoms with E-state index in [1.807, 2.05) is 11.0 Å². The second-order valence-electron chi connectivity index (χ2n) is 6.70. The van der Waals surface area contributed by atoms with E-state index in [1.165, 1.54) is 25.7 Å². The maximum atomic E-state index is 12.6. The van der Waals surface area contributed by atoms with Crippen molar-refractivity contribution in [3.05, 3.63) is 30.3 Å². The lowest BCUT2D eigenvalue weighted by molar-refractivity contribution is -0.128. The molecule has 1 saturated carbocycles. The summed E-state index contributed by atoms with van der Waals surface area (Å²) in [4.78, 5) is 14.7. The number of sulfone groups is 1. The summed E-state index contributed by atoms with van der Waals surface area (Å²) in [5.41, 5.74) is 0. The first-order chi connectivity index (χ1) is 11.6. The summed E-state index contributed by atoms with van der Waals surface area (Å²) in [6, 6.07) is 8.38. The lowest BCUT2D eigenvalue weighted by Crippen LogP contribution is -2.40. The molecule has 1 aliphatic carbocycles. The molecule has 6 heteroatoms. The predicted octanol–water partition coefficient (Wildman–Crippen LogP) is 3.13. The van der Waals surface area contributed by atoms with Crippen molar-refractivity contribution in [1.82, 2.24) is 4.90 Å². The minimum Gasteiger partial charge on any atom is -0.338 e. The topological polar surface area (TPSA) is 54.5 Å². The highest BCUT2D eigenvalue weighted by Gasteiger charge is 2.33. The molecule has 0 radical (unpaired) electrons. The summed E-state index contributed by atoms with van der Waals surface area (Å²) in [6.45, 7) is 0.693. The molecule has 0 bridgehead atoms. The first-order valence-electron chi connectivity index (χ1n) is 8.75. The minimum atomic E-state index is -3.34. The summed E-state index contributed by atoms with van der Waals surface area (Å²) in [5.74, 6) is 0.640. The zero-order valence-electron chi connectivity index (χ0n) is 13.9. The van der Waals surface area contributed by atoms with Crippen LogP contribution in [0.4, 0.5) is 0 Å². The normalized spacial score (nSPS) is 22.2. The summed E-state index contributed by atoms with van der Waals surface area (Å²) in [7, 11) is -3.34. The van der Waals surface area contributed by atoms with E-state index in [-0.39, 0.29) is 17.7 Å². The first-order valence-corrected chi connectivity index (χ1v) is 11.5. The van der Waals surface area contributed by atoms with E-state index in [2.05, 4.69) is 0 Å². The zero-order valence-corrected chi connectivity index (χ0v) is 15.5. The number of benzene rings is 1. The van der Waals surface area contributed by atoms with Crippen LogP contribution in [0.25, 0.3) is 0 Å². The van der Waals surface area contributed by atoms with Crippen LogP contribution in [0.2, 0.25) is 0 Å². The largest absolute Gasteiger partial charge is 0.338 e. The number of thioether (sulfide) groups is 1. The van der Waals surface area contributed by atoms with E-state index in [9.17, 15) is 13.2 Å². The van der Waals surface area contributed by atoms with E-state index in [4.69, 9.17) is 0 Å². The van der Waals surface area contributed by atoms with E-state index in [0.717, 1.165) is 12.8 Å². The lowest BCUT2D eigenvalue weighted by Gasteiger charge is -2.25. The first kappa shape index (κ1) is 17.8. The number of hydrogen-bond donors (Lipinski definition) is 0. The number of likely N-dealkylation sites (tertiary alicyclic amines) is 1. The van der Waals surface area contributed by atoms with Crippen LogP contribution in [0.15, 0.2) is 35.2 Å². The van der Waals surface area contributed by atoms with Crippen molar-refractivity contribution in [2.45, 2.75) is 54.7 Å². The van der Waals surface area contributed by atoms with Gasteiger partial charge in [0, 0.05) is 17.8 Å². The third-order valence-corrected chi connectivity index (χ3v) is 8.13. The molecule has 2 fully saturated rings. The number of amides is 1. The van der Waals surface area contributed by atoms with Crippen LogP contribution in [-0.4, -0.2) is 48.6 Å². The van der Waals surface area contributed by atoms with E-state index in [1.54, 1.807) is 36.0 Å². The van der Waals surface area contributed by atoms with Crippen molar-refractivity contribution in [3.8, 4) is 0 Å². The van der Waals surface area contributed by atoms with Gasteiger partial charge in [-0.1, -0.05) is 31.0 Å². The highest BCUT2D eigenvalue weighted by molar-refractivity contribution is 8.00. The Bertz CT molecular complexity index is 654. The van der Waals surface area contributed by atoms with Gasteiger partial charge in [0.25, 0.3) is 0 Å². The maximum absolute atomic E-state index is 12.6. The average molecular weight is 368 g/mol. The fourth-order valence-corrected chi connectivity index (χ4v) is 6.47. The fourth-order valence-electron chi connectivity index (χ4n) is 3.64. The van der Waals surface area contributed by atoms with E-state index >= 15 is 0 Å². The van der Waals surface area contributed by atoms with Crippen molar-refractivity contribution in [2.75, 3.05) is 18.1 Å². The lowest BCUT2D eigenvalue weighted by atomic mass is 10.2. The van der Waals surface area contributed by atoms with Gasteiger partial charge < -0.3 is 4.90 Å². The number of rotatable bonds is 6. The van der Waals surface area contributed by atoms with Gasteiger partial charge in [-0.3, -0.25) is 4.79 Å². The maximum Gasteiger partial charge on any atom is 0.232 e. The highest BCUT2D eigenvalue weighted by Crippen LogP contribution is 2.30. The smallest absolute Gasteiger partial charge is 0.232 e. The Morgan fingerprint density at radius 3 is 2.50 bits per heavy atom. The van der Waals surface area contributed by atoms with Gasteiger partial charge in [-0.15, -0.1) is 11.8 Å². The van der Waals surface area contributed by atoms with Gasteiger partial charge in [-0.2, -0.15) is 0 Å². The molecule has 1 aromatic rings. The molecule has 0 N–H and O–H groups in total. The summed E-state index contributed by atoms with van der Waals surface area (Å²) in [6.07, 6.45) is 6.65. The van der Waals surface area contributed by atoms with Gasteiger partial charge >= 0.3 is 0 Å². The molecular weight excluding hydrogens is 342 g/mol. The molecule has 1 aromatic carbocycles. The molecular formula is C18H25NO3S2. The Morgan fingerprint density at radius 2 is 1.79 bits per heavy atom. The van der Waals surface area contributed by atoms with Gasteiger partial charge in [0.2, 0.25) is 5.91 Å². The number of carbonyl (C=O) groups excluding carboxylic acids is 1. The fraction of sp³-hybridized carbons (Fsp3) is 0.611. The van der Waals surface area contributed by atoms with Crippen LogP contribution in [0.1, 0.15) is 38.5 Å². The van der Waals surface area contributed by atoms with Crippen LogP contribution in [0.5, 0.6) is 0 Å². The molecule has 2 aliphatic rings. The Kier molecular flexibility index (Phi) is 5.87. The van der Waals surface area contributed by atoms with Gasteiger partial charge in [0.15, 0.2) is 9.84 Å². The quantitative estimate of drug-likeness (QED) is 0.775. The van der Waals surface area contributed by atoms with Crippen molar-refractivity contribution in [1.29, 1.82) is 0 Å². The molecule has 1 unspecified atom stereocenters. The molecule has 1 atom stereocenters. The van der Waals surface area contributed by atoms with Gasteiger partial charge in [0.05, 0.1) is 16.4 Å². The Hall–Kier alpha value is -1.01. The summed E-state index contributed by atoms with van der Waals surface area (Å²) >= 11 is 1.75. The number of carbonyl (C=O) groups is 1. The summed E-state index contributed by atoms with van der Waals surface area (Å²) in [5, 5.41) is 0.614. The minimum absolute atomic E-state index is 0.0385. The third kappa shape index (κ3) is 4.33. The molecule has 24 heavy (non-hydrogen) atoms. The van der Waals surface area contributed by atoms with Crippen LogP contribution < -0.4 is 0 Å². The van der Waals surface area contributed by atoms with Crippen molar-refractivity contribution < 1.29 is 13.2 Å². The molecule has 132 valence electrons. The molecule has 1 amide bonds. The van der Waals surface area contributed by atoms with Crippen LogP contribution >= 0.6 is 11.8 Å². The molecule has 3 rings (SSSR count). The monoisotopic (exact) mass is 367 g/mol. The van der Waals surface area contributed by atoms with E-state index < -0.39 is 9.84 Å². The SMILES string of the molecule is O=C(CSC1CCCC1)N1CCCC1CS(=O)(=O)c1ccccc1. The third-order valence-electron chi connectivity index (χ3n) is 4.96. The van der Waals surface area contributed by atoms with Crippen LogP contribution in [0.3, 0.4) is 0 Å². The molecule has 0 spiro atoms. The second-order valence-corrected chi connectivity index (χ2v) is 10.0. The van der Waals surface area contributed by atoms with Gasteiger partial charge in [-0.05, 0) is 37.8 Å². The Balaban J connectivity index is 1.59. The molecule has 4 nitrogen and oxygen atoms in total. The molecule has 1 saturated heterocycles. The highest BCUT2D eigenvalue weighted by atomic mass is 32.2. The standard InChI is InChI=1S/C18H25NO3S2/c20-18(13-23-16-8-4-5-9-16)19-12-6-7-15(19)14-24(21,22)17-10-2-1-3-11-17/h1-3,10-11,15-16H,4-9,12-14H2. The van der Waals surface area contributed by atoms with Gasteiger partial charge in [-0.25, -0.2) is 8.42 Å². The van der Waals surface area contributed by atoms with E-state index in [0.29, 0.717) is 22.4 Å². The molecule has 1 heterocycles. The molecule has 0 aromatic heterocycles. The van der Waals surface area contributed by atoms with Crippen molar-refractivity contribution in [3.63, 3.8) is 0 Å². The Morgan fingerprint density at radius 1 is 1.08 bits per heavy atom. The predicted molar refractivity (Wildman–Crippen MR) is 97.9 cm³/mol. The Labute approximate surface area is 148 Å². The number of hydrogen-bond acceptors (Lipinski definition) is 4. The second kappa shape index (κ2) is 7.91. The van der Waals surface area contributed by atoms with Crippen molar-refractivity contribution >= 4 is 27.5 Å².